The number of rotatable bonds is 3. The third kappa shape index (κ3) is 3.15. The number of benzene rings is 1. The standard InChI is InChI=1S/C22H21NO5/c1-13(24)27-16-11-17-21(19(12-16)28-14(2)25)20(15-7-4-3-5-8-15)18-9-6-10-23(18)22(17)26/h3-5,7-8,12,17H,6,9-11H2,1-2H3. The first-order valence-corrected chi connectivity index (χ1v) is 9.37. The van der Waals surface area contributed by atoms with E-state index in [0.29, 0.717) is 17.9 Å². The normalized spacial score (nSPS) is 21.2. The van der Waals surface area contributed by atoms with E-state index in [1.54, 1.807) is 6.08 Å². The van der Waals surface area contributed by atoms with E-state index >= 15 is 0 Å². The Morgan fingerprint density at radius 3 is 2.46 bits per heavy atom. The molecule has 1 amide bonds. The highest BCUT2D eigenvalue weighted by Gasteiger charge is 2.44. The van der Waals surface area contributed by atoms with Crippen LogP contribution in [0.4, 0.5) is 0 Å². The van der Waals surface area contributed by atoms with Crippen molar-refractivity contribution in [2.75, 3.05) is 6.54 Å². The summed E-state index contributed by atoms with van der Waals surface area (Å²) in [6.45, 7) is 3.30. The lowest BCUT2D eigenvalue weighted by Gasteiger charge is -2.37. The minimum atomic E-state index is -0.550. The van der Waals surface area contributed by atoms with Gasteiger partial charge in [-0.25, -0.2) is 0 Å². The van der Waals surface area contributed by atoms with Gasteiger partial charge in [0.05, 0.1) is 5.92 Å². The van der Waals surface area contributed by atoms with Crippen molar-refractivity contribution in [3.8, 4) is 0 Å². The third-order valence-electron chi connectivity index (χ3n) is 5.15. The van der Waals surface area contributed by atoms with Crippen molar-refractivity contribution in [2.45, 2.75) is 33.1 Å². The molecule has 2 heterocycles. The molecule has 1 saturated heterocycles. The molecule has 1 aliphatic carbocycles. The zero-order chi connectivity index (χ0) is 19.8. The van der Waals surface area contributed by atoms with Crippen LogP contribution < -0.4 is 0 Å². The Morgan fingerprint density at radius 1 is 1.07 bits per heavy atom. The van der Waals surface area contributed by atoms with Gasteiger partial charge in [-0.1, -0.05) is 30.3 Å². The summed E-state index contributed by atoms with van der Waals surface area (Å²) in [7, 11) is 0. The highest BCUT2D eigenvalue weighted by Crippen LogP contribution is 2.48. The van der Waals surface area contributed by atoms with Crippen LogP contribution in [0.2, 0.25) is 0 Å². The topological polar surface area (TPSA) is 72.9 Å². The summed E-state index contributed by atoms with van der Waals surface area (Å²) in [6.07, 6.45) is 3.51. The molecule has 1 aromatic carbocycles. The first kappa shape index (κ1) is 18.2. The Bertz CT molecular complexity index is 954. The van der Waals surface area contributed by atoms with Crippen molar-refractivity contribution < 1.29 is 23.9 Å². The van der Waals surface area contributed by atoms with Gasteiger partial charge >= 0.3 is 11.9 Å². The van der Waals surface area contributed by atoms with Crippen LogP contribution in [0.15, 0.2) is 59.2 Å². The molecule has 0 saturated carbocycles. The Hall–Kier alpha value is -3.15. The van der Waals surface area contributed by atoms with Crippen LogP contribution in [0.25, 0.3) is 5.57 Å². The smallest absolute Gasteiger partial charge is 0.308 e. The fourth-order valence-electron chi connectivity index (χ4n) is 4.21. The minimum absolute atomic E-state index is 0.0374. The quantitative estimate of drug-likeness (QED) is 0.754. The zero-order valence-electron chi connectivity index (χ0n) is 15.9. The summed E-state index contributed by atoms with van der Waals surface area (Å²) >= 11 is 0. The number of esters is 2. The monoisotopic (exact) mass is 379 g/mol. The van der Waals surface area contributed by atoms with E-state index in [4.69, 9.17) is 9.47 Å². The molecule has 0 aromatic heterocycles. The molecule has 3 aliphatic rings. The predicted molar refractivity (Wildman–Crippen MR) is 101 cm³/mol. The summed E-state index contributed by atoms with van der Waals surface area (Å²) in [5.41, 5.74) is 3.59. The number of nitrogens with zero attached hydrogens (tertiary/aromatic N) is 1. The molecular formula is C22H21NO5. The summed E-state index contributed by atoms with van der Waals surface area (Å²) in [4.78, 5) is 38.3. The third-order valence-corrected chi connectivity index (χ3v) is 5.15. The van der Waals surface area contributed by atoms with Gasteiger partial charge in [0.1, 0.15) is 11.5 Å². The second-order valence-corrected chi connectivity index (χ2v) is 7.11. The first-order chi connectivity index (χ1) is 13.5. The van der Waals surface area contributed by atoms with E-state index < -0.39 is 17.9 Å². The zero-order valence-corrected chi connectivity index (χ0v) is 15.9. The number of amides is 1. The second-order valence-electron chi connectivity index (χ2n) is 7.11. The fraction of sp³-hybridized carbons (Fsp3) is 0.318. The van der Waals surface area contributed by atoms with Gasteiger partial charge in [-0.3, -0.25) is 14.4 Å². The molecular weight excluding hydrogens is 358 g/mol. The van der Waals surface area contributed by atoms with E-state index in [1.165, 1.54) is 13.8 Å². The van der Waals surface area contributed by atoms with Crippen molar-refractivity contribution in [3.63, 3.8) is 0 Å². The van der Waals surface area contributed by atoms with Gasteiger partial charge in [0.2, 0.25) is 5.91 Å². The molecule has 0 radical (unpaired) electrons. The molecule has 144 valence electrons. The molecule has 1 unspecified atom stereocenters. The molecule has 4 rings (SSSR count). The lowest BCUT2D eigenvalue weighted by molar-refractivity contribution is -0.139. The first-order valence-electron chi connectivity index (χ1n) is 9.37. The SMILES string of the molecule is CC(=O)OC1=CC(OC(C)=O)=C2C(c3ccccc3)=C3CCCN3C(=O)C2C1. The van der Waals surface area contributed by atoms with E-state index in [-0.39, 0.29) is 18.1 Å². The Kier molecular flexibility index (Phi) is 4.63. The molecule has 0 bridgehead atoms. The summed E-state index contributed by atoms with van der Waals surface area (Å²) in [5.74, 6) is -0.927. The summed E-state index contributed by atoms with van der Waals surface area (Å²) < 4.78 is 10.8. The average Bonchev–Trinajstić information content (AvgIpc) is 3.12. The van der Waals surface area contributed by atoms with Crippen molar-refractivity contribution in [3.05, 3.63) is 64.8 Å². The van der Waals surface area contributed by atoms with Crippen LogP contribution in [-0.4, -0.2) is 29.3 Å². The number of hydrogen-bond acceptors (Lipinski definition) is 5. The lowest BCUT2D eigenvalue weighted by Crippen LogP contribution is -2.40. The molecule has 1 aromatic rings. The maximum Gasteiger partial charge on any atom is 0.308 e. The number of fused-ring (bicyclic) bond motifs is 2. The Labute approximate surface area is 163 Å². The lowest BCUT2D eigenvalue weighted by atomic mass is 9.77. The van der Waals surface area contributed by atoms with Crippen LogP contribution in [0.3, 0.4) is 0 Å². The van der Waals surface area contributed by atoms with E-state index in [9.17, 15) is 14.4 Å². The molecule has 28 heavy (non-hydrogen) atoms. The summed E-state index contributed by atoms with van der Waals surface area (Å²) in [5, 5.41) is 0. The minimum Gasteiger partial charge on any atom is -0.431 e. The number of hydrogen-bond donors (Lipinski definition) is 0. The molecule has 6 nitrogen and oxygen atoms in total. The summed E-state index contributed by atoms with van der Waals surface area (Å²) in [6, 6.07) is 9.82. The maximum atomic E-state index is 13.2. The van der Waals surface area contributed by atoms with Crippen molar-refractivity contribution >= 4 is 23.4 Å². The molecule has 0 N–H and O–H groups in total. The van der Waals surface area contributed by atoms with Gasteiger partial charge in [-0.15, -0.1) is 0 Å². The van der Waals surface area contributed by atoms with Gasteiger partial charge in [-0.05, 0) is 18.4 Å². The number of ether oxygens (including phenoxy) is 2. The van der Waals surface area contributed by atoms with Crippen molar-refractivity contribution in [1.29, 1.82) is 0 Å². The van der Waals surface area contributed by atoms with Gasteiger partial charge in [0, 0.05) is 49.7 Å². The van der Waals surface area contributed by atoms with Gasteiger partial charge in [-0.2, -0.15) is 0 Å². The van der Waals surface area contributed by atoms with E-state index in [0.717, 1.165) is 29.7 Å². The van der Waals surface area contributed by atoms with Crippen molar-refractivity contribution in [2.24, 2.45) is 5.92 Å². The van der Waals surface area contributed by atoms with Crippen LogP contribution in [0.1, 0.15) is 38.7 Å². The number of carbonyl (C=O) groups excluding carboxylic acids is 3. The van der Waals surface area contributed by atoms with Crippen LogP contribution in [0, 0.1) is 5.92 Å². The second kappa shape index (κ2) is 7.11. The number of carbonyl (C=O) groups is 3. The Morgan fingerprint density at radius 2 is 1.79 bits per heavy atom. The van der Waals surface area contributed by atoms with E-state index in [1.807, 2.05) is 35.2 Å². The van der Waals surface area contributed by atoms with Crippen molar-refractivity contribution in [1.82, 2.24) is 4.90 Å². The average molecular weight is 379 g/mol. The highest BCUT2D eigenvalue weighted by molar-refractivity contribution is 5.99. The molecule has 1 fully saturated rings. The molecule has 0 spiro atoms. The van der Waals surface area contributed by atoms with Gasteiger partial charge < -0.3 is 14.4 Å². The van der Waals surface area contributed by atoms with Gasteiger partial charge in [0.25, 0.3) is 0 Å². The number of allylic oxidation sites excluding steroid dienone is 4. The molecule has 2 aliphatic heterocycles. The predicted octanol–water partition coefficient (Wildman–Crippen LogP) is 3.32. The highest BCUT2D eigenvalue weighted by atomic mass is 16.5. The van der Waals surface area contributed by atoms with Crippen LogP contribution in [0.5, 0.6) is 0 Å². The maximum absolute atomic E-state index is 13.2. The van der Waals surface area contributed by atoms with Crippen LogP contribution >= 0.6 is 0 Å². The van der Waals surface area contributed by atoms with Crippen LogP contribution in [-0.2, 0) is 23.9 Å². The van der Waals surface area contributed by atoms with Gasteiger partial charge in [0.15, 0.2) is 0 Å². The largest absolute Gasteiger partial charge is 0.431 e. The Balaban J connectivity index is 1.96. The van der Waals surface area contributed by atoms with E-state index in [2.05, 4.69) is 0 Å². The molecule has 6 heteroatoms. The molecule has 1 atom stereocenters. The fourth-order valence-corrected chi connectivity index (χ4v) is 4.21.